The molecule has 0 radical (unpaired) electrons. The summed E-state index contributed by atoms with van der Waals surface area (Å²) in [4.78, 5) is 15.1. The van der Waals surface area contributed by atoms with E-state index >= 15 is 0 Å². The van der Waals surface area contributed by atoms with Gasteiger partial charge in [0.25, 0.3) is 0 Å². The second kappa shape index (κ2) is 6.16. The summed E-state index contributed by atoms with van der Waals surface area (Å²) >= 11 is 0.500. The van der Waals surface area contributed by atoms with Gasteiger partial charge < -0.3 is 9.15 Å². The number of oxazole rings is 1. The van der Waals surface area contributed by atoms with Crippen LogP contribution < -0.4 is 9.61 Å². The van der Waals surface area contributed by atoms with Gasteiger partial charge in [0.05, 0.1) is 19.3 Å². The zero-order valence-electron chi connectivity index (χ0n) is 12.3. The van der Waals surface area contributed by atoms with Crippen LogP contribution in [-0.2, 0) is 12.7 Å². The predicted octanol–water partition coefficient (Wildman–Crippen LogP) is 3.64. The molecule has 0 spiro atoms. The SMILES string of the molecule is COc1ccc(-c2nc(Cn3c(C(F)(F)F)csc3=O)co2)cc1. The molecule has 3 rings (SSSR count). The van der Waals surface area contributed by atoms with Gasteiger partial charge in [-0.05, 0) is 24.3 Å². The molecule has 5 nitrogen and oxygen atoms in total. The minimum Gasteiger partial charge on any atom is -0.497 e. The number of ether oxygens (including phenoxy) is 1. The van der Waals surface area contributed by atoms with Crippen LogP contribution >= 0.6 is 11.3 Å². The van der Waals surface area contributed by atoms with Crippen molar-refractivity contribution in [2.75, 3.05) is 7.11 Å². The molecule has 24 heavy (non-hydrogen) atoms. The summed E-state index contributed by atoms with van der Waals surface area (Å²) in [7, 11) is 1.54. The Morgan fingerprint density at radius 2 is 2.00 bits per heavy atom. The van der Waals surface area contributed by atoms with Crippen LogP contribution in [0.5, 0.6) is 5.75 Å². The molecule has 2 aromatic heterocycles. The van der Waals surface area contributed by atoms with E-state index in [1.54, 1.807) is 24.3 Å². The van der Waals surface area contributed by atoms with Gasteiger partial charge in [0.15, 0.2) is 0 Å². The molecule has 0 saturated heterocycles. The molecule has 2 heterocycles. The van der Waals surface area contributed by atoms with Crippen LogP contribution in [0.3, 0.4) is 0 Å². The lowest BCUT2D eigenvalue weighted by atomic mass is 10.2. The van der Waals surface area contributed by atoms with Crippen molar-refractivity contribution in [1.82, 2.24) is 9.55 Å². The normalized spacial score (nSPS) is 11.7. The number of hydrogen-bond acceptors (Lipinski definition) is 5. The molecule has 0 saturated carbocycles. The van der Waals surface area contributed by atoms with E-state index in [1.807, 2.05) is 0 Å². The summed E-state index contributed by atoms with van der Waals surface area (Å²) in [5.74, 6) is 0.912. The lowest BCUT2D eigenvalue weighted by Gasteiger charge is -2.08. The van der Waals surface area contributed by atoms with E-state index in [9.17, 15) is 18.0 Å². The monoisotopic (exact) mass is 356 g/mol. The van der Waals surface area contributed by atoms with Crippen LogP contribution in [0.15, 0.2) is 45.1 Å². The third-order valence-electron chi connectivity index (χ3n) is 3.28. The Hall–Kier alpha value is -2.55. The number of benzene rings is 1. The molecule has 9 heteroatoms. The topological polar surface area (TPSA) is 57.3 Å². The zero-order chi connectivity index (χ0) is 17.3. The molecular weight excluding hydrogens is 345 g/mol. The summed E-state index contributed by atoms with van der Waals surface area (Å²) in [6.07, 6.45) is -3.36. The fourth-order valence-corrected chi connectivity index (χ4v) is 2.87. The molecular formula is C15H11F3N2O3S. The van der Waals surface area contributed by atoms with Crippen molar-refractivity contribution in [3.05, 3.63) is 57.0 Å². The molecule has 0 aliphatic rings. The minimum atomic E-state index is -4.60. The summed E-state index contributed by atoms with van der Waals surface area (Å²) < 4.78 is 49.7. The minimum absolute atomic E-state index is 0.229. The van der Waals surface area contributed by atoms with Crippen LogP contribution in [0.4, 0.5) is 13.2 Å². The first-order chi connectivity index (χ1) is 11.4. The number of thiazole rings is 1. The van der Waals surface area contributed by atoms with Crippen LogP contribution in [0.1, 0.15) is 11.4 Å². The molecule has 0 aliphatic carbocycles. The van der Waals surface area contributed by atoms with Gasteiger partial charge in [-0.1, -0.05) is 11.3 Å². The largest absolute Gasteiger partial charge is 0.497 e. The fraction of sp³-hybridized carbons (Fsp3) is 0.200. The average Bonchev–Trinajstić information content (AvgIpc) is 3.15. The van der Waals surface area contributed by atoms with Gasteiger partial charge >= 0.3 is 11.0 Å². The maximum atomic E-state index is 12.9. The van der Waals surface area contributed by atoms with Gasteiger partial charge in [-0.15, -0.1) is 0 Å². The van der Waals surface area contributed by atoms with Crippen molar-refractivity contribution >= 4 is 11.3 Å². The second-order valence-corrected chi connectivity index (χ2v) is 5.66. The van der Waals surface area contributed by atoms with Gasteiger partial charge in [0.1, 0.15) is 17.7 Å². The van der Waals surface area contributed by atoms with E-state index in [4.69, 9.17) is 9.15 Å². The van der Waals surface area contributed by atoms with Gasteiger partial charge in [-0.25, -0.2) is 4.98 Å². The third kappa shape index (κ3) is 3.21. The summed E-state index contributed by atoms with van der Waals surface area (Å²) in [5.41, 5.74) is -0.117. The number of nitrogens with zero attached hydrogens (tertiary/aromatic N) is 2. The zero-order valence-corrected chi connectivity index (χ0v) is 13.1. The third-order valence-corrected chi connectivity index (χ3v) is 4.04. The molecule has 3 aromatic rings. The van der Waals surface area contributed by atoms with E-state index in [-0.39, 0.29) is 18.1 Å². The van der Waals surface area contributed by atoms with Crippen LogP contribution in [0.2, 0.25) is 0 Å². The molecule has 126 valence electrons. The van der Waals surface area contributed by atoms with Crippen molar-refractivity contribution in [3.8, 4) is 17.2 Å². The fourth-order valence-electron chi connectivity index (χ4n) is 2.11. The molecule has 1 aromatic carbocycles. The summed E-state index contributed by atoms with van der Waals surface area (Å²) in [6, 6.07) is 6.85. The summed E-state index contributed by atoms with van der Waals surface area (Å²) in [6.45, 7) is -0.309. The van der Waals surface area contributed by atoms with Crippen LogP contribution in [0.25, 0.3) is 11.5 Å². The Morgan fingerprint density at radius 1 is 1.29 bits per heavy atom. The molecule has 0 atom stereocenters. The number of methoxy groups -OCH3 is 1. The Morgan fingerprint density at radius 3 is 2.62 bits per heavy atom. The molecule has 0 fully saturated rings. The Kier molecular flexibility index (Phi) is 4.18. The van der Waals surface area contributed by atoms with Crippen molar-refractivity contribution in [2.24, 2.45) is 0 Å². The number of hydrogen-bond donors (Lipinski definition) is 0. The first-order valence-electron chi connectivity index (χ1n) is 6.73. The lowest BCUT2D eigenvalue weighted by molar-refractivity contribution is -0.143. The van der Waals surface area contributed by atoms with E-state index in [0.29, 0.717) is 27.2 Å². The number of rotatable bonds is 4. The van der Waals surface area contributed by atoms with E-state index in [1.165, 1.54) is 13.4 Å². The Balaban J connectivity index is 1.87. The molecule has 0 bridgehead atoms. The van der Waals surface area contributed by atoms with Crippen LogP contribution in [-0.4, -0.2) is 16.7 Å². The number of aromatic nitrogens is 2. The maximum Gasteiger partial charge on any atom is 0.432 e. The molecule has 0 aliphatic heterocycles. The van der Waals surface area contributed by atoms with E-state index < -0.39 is 16.7 Å². The van der Waals surface area contributed by atoms with Gasteiger partial charge in [0.2, 0.25) is 5.89 Å². The standard InChI is InChI=1S/C15H11F3N2O3S/c1-22-11-4-2-9(3-5-11)13-19-10(7-23-13)6-20-12(15(16,17)18)8-24-14(20)21/h2-5,7-8H,6H2,1H3. The first-order valence-corrected chi connectivity index (χ1v) is 7.61. The van der Waals surface area contributed by atoms with Crippen molar-refractivity contribution in [3.63, 3.8) is 0 Å². The first kappa shape index (κ1) is 16.3. The quantitative estimate of drug-likeness (QED) is 0.716. The van der Waals surface area contributed by atoms with Gasteiger partial charge in [0, 0.05) is 10.9 Å². The van der Waals surface area contributed by atoms with Crippen LogP contribution in [0, 0.1) is 0 Å². The van der Waals surface area contributed by atoms with E-state index in [0.717, 1.165) is 5.38 Å². The Labute approximate surface area is 137 Å². The highest BCUT2D eigenvalue weighted by Crippen LogP contribution is 2.30. The summed E-state index contributed by atoms with van der Waals surface area (Å²) in [5, 5.41) is 0.798. The lowest BCUT2D eigenvalue weighted by Crippen LogP contribution is -2.22. The van der Waals surface area contributed by atoms with Gasteiger partial charge in [-0.2, -0.15) is 13.2 Å². The Bertz CT molecular complexity index is 894. The maximum absolute atomic E-state index is 12.9. The highest BCUT2D eigenvalue weighted by Gasteiger charge is 2.35. The molecule has 0 amide bonds. The van der Waals surface area contributed by atoms with Crippen molar-refractivity contribution < 1.29 is 22.3 Å². The van der Waals surface area contributed by atoms with Gasteiger partial charge in [-0.3, -0.25) is 9.36 Å². The van der Waals surface area contributed by atoms with E-state index in [2.05, 4.69) is 4.98 Å². The predicted molar refractivity (Wildman–Crippen MR) is 81.2 cm³/mol. The highest BCUT2D eigenvalue weighted by molar-refractivity contribution is 7.07. The average molecular weight is 356 g/mol. The molecule has 0 N–H and O–H groups in total. The smallest absolute Gasteiger partial charge is 0.432 e. The highest BCUT2D eigenvalue weighted by atomic mass is 32.1. The molecule has 0 unspecified atom stereocenters. The van der Waals surface area contributed by atoms with Crippen molar-refractivity contribution in [1.29, 1.82) is 0 Å². The number of halogens is 3. The second-order valence-electron chi connectivity index (χ2n) is 4.84. The number of alkyl halides is 3. The van der Waals surface area contributed by atoms with Crippen molar-refractivity contribution in [2.45, 2.75) is 12.7 Å².